The highest BCUT2D eigenvalue weighted by molar-refractivity contribution is 6.23. The number of hydrogen-bond donors (Lipinski definition) is 0. The summed E-state index contributed by atoms with van der Waals surface area (Å²) in [7, 11) is 0. The molecule has 0 N–H and O–H groups in total. The van der Waals surface area contributed by atoms with Crippen LogP contribution in [-0.2, 0) is 19.2 Å². The first-order valence-electron chi connectivity index (χ1n) is 11.8. The van der Waals surface area contributed by atoms with Crippen LogP contribution in [0.1, 0.15) is 25.7 Å². The number of fused-ring (bicyclic) bond motifs is 2. The van der Waals surface area contributed by atoms with Crippen molar-refractivity contribution in [1.29, 1.82) is 0 Å². The molecule has 4 unspecified atom stereocenters. The summed E-state index contributed by atoms with van der Waals surface area (Å²) in [5.41, 5.74) is 3.03. The Kier molecular flexibility index (Phi) is 4.83. The van der Waals surface area contributed by atoms with Gasteiger partial charge in [-0.2, -0.15) is 0 Å². The summed E-state index contributed by atoms with van der Waals surface area (Å²) >= 11 is 0. The van der Waals surface area contributed by atoms with Gasteiger partial charge in [0.25, 0.3) is 0 Å². The summed E-state index contributed by atoms with van der Waals surface area (Å²) in [5, 5.41) is 0. The second kappa shape index (κ2) is 7.90. The first-order chi connectivity index (χ1) is 16.5. The molecule has 2 aromatic rings. The van der Waals surface area contributed by atoms with Gasteiger partial charge in [0.1, 0.15) is 0 Å². The molecule has 2 aliphatic heterocycles. The minimum Gasteiger partial charge on any atom is -0.274 e. The summed E-state index contributed by atoms with van der Waals surface area (Å²) in [6.07, 6.45) is 10.4. The Balaban J connectivity index is 1.21. The molecule has 0 aromatic heterocycles. The molecule has 0 bridgehead atoms. The zero-order chi connectivity index (χ0) is 23.4. The maximum atomic E-state index is 12.8. The van der Waals surface area contributed by atoms with E-state index in [0.29, 0.717) is 37.1 Å². The summed E-state index contributed by atoms with van der Waals surface area (Å²) in [6, 6.07) is 14.7. The number of amides is 4. The molecule has 6 rings (SSSR count). The van der Waals surface area contributed by atoms with E-state index in [1.807, 2.05) is 48.6 Å². The Hall–Kier alpha value is -3.80. The predicted molar refractivity (Wildman–Crippen MR) is 128 cm³/mol. The molecule has 2 saturated heterocycles. The molecule has 0 saturated carbocycles. The van der Waals surface area contributed by atoms with Gasteiger partial charge < -0.3 is 0 Å². The zero-order valence-electron chi connectivity index (χ0n) is 18.6. The van der Waals surface area contributed by atoms with Crippen molar-refractivity contribution in [1.82, 2.24) is 0 Å². The number of carbonyl (C=O) groups is 4. The predicted octanol–water partition coefficient (Wildman–Crippen LogP) is 4.26. The molecule has 4 amide bonds. The lowest BCUT2D eigenvalue weighted by atomic mass is 9.85. The van der Waals surface area contributed by atoms with Crippen LogP contribution >= 0.6 is 0 Å². The highest BCUT2D eigenvalue weighted by Crippen LogP contribution is 2.39. The standard InChI is InChI=1S/C28H24N2O4/c31-25-21-5-1-2-6-22(21)26(32)29(25)19-13-9-17(10-14-19)18-11-15-20(16-12-18)30-27(33)23-7-3-4-8-24(23)28(30)34/h1-4,9-16,21-24H,5-8H2. The molecule has 6 heteroatoms. The molecule has 2 aromatic carbocycles. The zero-order valence-corrected chi connectivity index (χ0v) is 18.6. The van der Waals surface area contributed by atoms with Gasteiger partial charge in [-0.25, -0.2) is 0 Å². The van der Waals surface area contributed by atoms with E-state index in [-0.39, 0.29) is 47.3 Å². The Morgan fingerprint density at radius 1 is 0.441 bits per heavy atom. The summed E-state index contributed by atoms with van der Waals surface area (Å²) < 4.78 is 0. The number of anilines is 2. The third-order valence-corrected chi connectivity index (χ3v) is 7.60. The lowest BCUT2D eigenvalue weighted by molar-refractivity contribution is -0.124. The van der Waals surface area contributed by atoms with E-state index in [2.05, 4.69) is 0 Å². The first kappa shape index (κ1) is 20.8. The van der Waals surface area contributed by atoms with Crippen molar-refractivity contribution in [3.05, 3.63) is 72.8 Å². The van der Waals surface area contributed by atoms with Gasteiger partial charge in [-0.05, 0) is 61.1 Å². The van der Waals surface area contributed by atoms with E-state index in [4.69, 9.17) is 0 Å². The molecule has 2 aliphatic carbocycles. The van der Waals surface area contributed by atoms with E-state index in [1.165, 1.54) is 9.80 Å². The Bertz CT molecular complexity index is 1110. The number of imide groups is 2. The molecule has 0 spiro atoms. The topological polar surface area (TPSA) is 74.8 Å². The van der Waals surface area contributed by atoms with Crippen molar-refractivity contribution >= 4 is 35.0 Å². The number of rotatable bonds is 3. The molecule has 0 radical (unpaired) electrons. The van der Waals surface area contributed by atoms with Crippen molar-refractivity contribution < 1.29 is 19.2 Å². The normalized spacial score (nSPS) is 28.0. The fraction of sp³-hybridized carbons (Fsp3) is 0.286. The number of benzene rings is 2. The maximum Gasteiger partial charge on any atom is 0.238 e. The largest absolute Gasteiger partial charge is 0.274 e. The number of nitrogens with zero attached hydrogens (tertiary/aromatic N) is 2. The number of hydrogen-bond acceptors (Lipinski definition) is 4. The van der Waals surface area contributed by atoms with Crippen molar-refractivity contribution in [3.8, 4) is 11.1 Å². The SMILES string of the molecule is O=C1C2CC=CCC2C(=O)N1c1ccc(-c2ccc(N3C(=O)C4CC=CCC4C3=O)cc2)cc1. The van der Waals surface area contributed by atoms with Crippen molar-refractivity contribution in [2.45, 2.75) is 25.7 Å². The lowest BCUT2D eigenvalue weighted by Gasteiger charge is -2.16. The Morgan fingerprint density at radius 2 is 0.706 bits per heavy atom. The van der Waals surface area contributed by atoms with Gasteiger partial charge in [-0.15, -0.1) is 0 Å². The molecule has 4 aliphatic rings. The van der Waals surface area contributed by atoms with Gasteiger partial charge in [0.05, 0.1) is 35.0 Å². The van der Waals surface area contributed by atoms with Crippen LogP contribution in [-0.4, -0.2) is 23.6 Å². The average molecular weight is 453 g/mol. The molecule has 2 heterocycles. The minimum atomic E-state index is -0.250. The quantitative estimate of drug-likeness (QED) is 0.515. The van der Waals surface area contributed by atoms with E-state index in [9.17, 15) is 19.2 Å². The van der Waals surface area contributed by atoms with Crippen LogP contribution in [0.25, 0.3) is 11.1 Å². The van der Waals surface area contributed by atoms with Gasteiger partial charge in [-0.1, -0.05) is 48.6 Å². The smallest absolute Gasteiger partial charge is 0.238 e. The van der Waals surface area contributed by atoms with Crippen molar-refractivity contribution in [3.63, 3.8) is 0 Å². The van der Waals surface area contributed by atoms with E-state index in [0.717, 1.165) is 11.1 Å². The van der Waals surface area contributed by atoms with Gasteiger partial charge in [0, 0.05) is 0 Å². The molecule has 4 atom stereocenters. The van der Waals surface area contributed by atoms with Crippen molar-refractivity contribution in [2.75, 3.05) is 9.80 Å². The second-order valence-corrected chi connectivity index (χ2v) is 9.43. The Morgan fingerprint density at radius 3 is 0.971 bits per heavy atom. The first-order valence-corrected chi connectivity index (χ1v) is 11.8. The van der Waals surface area contributed by atoms with E-state index >= 15 is 0 Å². The molecule has 34 heavy (non-hydrogen) atoms. The van der Waals surface area contributed by atoms with Gasteiger partial charge in [0.15, 0.2) is 0 Å². The van der Waals surface area contributed by atoms with Crippen LogP contribution in [0.15, 0.2) is 72.8 Å². The van der Waals surface area contributed by atoms with Crippen LogP contribution < -0.4 is 9.80 Å². The third-order valence-electron chi connectivity index (χ3n) is 7.60. The molecule has 2 fully saturated rings. The molecular weight excluding hydrogens is 428 g/mol. The minimum absolute atomic E-state index is 0.118. The molecular formula is C28H24N2O4. The number of carbonyl (C=O) groups excluding carboxylic acids is 4. The van der Waals surface area contributed by atoms with E-state index in [1.54, 1.807) is 24.3 Å². The van der Waals surface area contributed by atoms with Crippen LogP contribution in [0, 0.1) is 23.7 Å². The number of allylic oxidation sites excluding steroid dienone is 4. The summed E-state index contributed by atoms with van der Waals surface area (Å²) in [5.74, 6) is -1.47. The Labute approximate surface area is 197 Å². The second-order valence-electron chi connectivity index (χ2n) is 9.43. The fourth-order valence-corrected chi connectivity index (χ4v) is 5.72. The maximum absolute atomic E-state index is 12.8. The summed E-state index contributed by atoms with van der Waals surface area (Å²) in [6.45, 7) is 0. The van der Waals surface area contributed by atoms with Gasteiger partial charge >= 0.3 is 0 Å². The van der Waals surface area contributed by atoms with Gasteiger partial charge in [0.2, 0.25) is 23.6 Å². The highest BCUT2D eigenvalue weighted by atomic mass is 16.2. The van der Waals surface area contributed by atoms with Crippen LogP contribution in [0.3, 0.4) is 0 Å². The van der Waals surface area contributed by atoms with Crippen molar-refractivity contribution in [2.24, 2.45) is 23.7 Å². The third kappa shape index (κ3) is 3.09. The molecule has 6 nitrogen and oxygen atoms in total. The lowest BCUT2D eigenvalue weighted by Crippen LogP contribution is -2.30. The highest BCUT2D eigenvalue weighted by Gasteiger charge is 2.48. The van der Waals surface area contributed by atoms with Crippen LogP contribution in [0.2, 0.25) is 0 Å². The van der Waals surface area contributed by atoms with Gasteiger partial charge in [-0.3, -0.25) is 29.0 Å². The van der Waals surface area contributed by atoms with E-state index < -0.39 is 0 Å². The average Bonchev–Trinajstić information content (AvgIpc) is 3.29. The monoisotopic (exact) mass is 452 g/mol. The summed E-state index contributed by atoms with van der Waals surface area (Å²) in [4.78, 5) is 53.9. The van der Waals surface area contributed by atoms with Crippen LogP contribution in [0.5, 0.6) is 0 Å². The fourth-order valence-electron chi connectivity index (χ4n) is 5.72. The molecule has 170 valence electrons. The van der Waals surface area contributed by atoms with Crippen LogP contribution in [0.4, 0.5) is 11.4 Å².